The molecule has 0 unspecified atom stereocenters. The molecule has 0 radical (unpaired) electrons. The van der Waals surface area contributed by atoms with E-state index in [4.69, 9.17) is 9.47 Å². The molecule has 2 N–H and O–H groups in total. The van der Waals surface area contributed by atoms with Gasteiger partial charge in [0.05, 0.1) is 23.7 Å². The number of hydrogen-bond donors (Lipinski definition) is 2. The predicted molar refractivity (Wildman–Crippen MR) is 152 cm³/mol. The van der Waals surface area contributed by atoms with Crippen LogP contribution in [0.15, 0.2) is 29.2 Å². The number of urea groups is 1. The predicted octanol–water partition coefficient (Wildman–Crippen LogP) is 2.07. The number of carbonyl (C=O) groups excluding carboxylic acids is 3. The molecule has 40 heavy (non-hydrogen) atoms. The van der Waals surface area contributed by atoms with E-state index in [2.05, 4.69) is 22.5 Å². The van der Waals surface area contributed by atoms with Gasteiger partial charge in [-0.15, -0.1) is 11.3 Å². The van der Waals surface area contributed by atoms with Crippen LogP contribution in [-0.2, 0) is 32.5 Å². The lowest BCUT2D eigenvalue weighted by molar-refractivity contribution is 0.0956. The second kappa shape index (κ2) is 14.1. The van der Waals surface area contributed by atoms with E-state index < -0.39 is 27.9 Å². The van der Waals surface area contributed by atoms with Crippen molar-refractivity contribution in [3.63, 3.8) is 0 Å². The number of anilines is 1. The Morgan fingerprint density at radius 1 is 1.02 bits per heavy atom. The maximum Gasteiger partial charge on any atom is 0.323 e. The van der Waals surface area contributed by atoms with Gasteiger partial charge in [-0.1, -0.05) is 6.92 Å². The standard InChI is InChI=1S/C26H37N5O7S2/c1-6-30-12-11-20-21(17-30)39-25(22(20)24(33)28-26(34)29(2)3)27-23(32)18-7-9-19(10-8-18)40(35,36)31(13-15-37-4)14-16-38-5/h7-10H,6,11-17H2,1-5H3,(H,27,32)(H,28,33,34). The Kier molecular flexibility index (Phi) is 11.2. The fourth-order valence-corrected chi connectivity index (χ4v) is 6.86. The van der Waals surface area contributed by atoms with Crippen LogP contribution in [0.2, 0.25) is 0 Å². The number of thiophene rings is 1. The van der Waals surface area contributed by atoms with Gasteiger partial charge in [0.15, 0.2) is 0 Å². The number of nitrogens with zero attached hydrogens (tertiary/aromatic N) is 3. The number of hydrogen-bond acceptors (Lipinski definition) is 9. The van der Waals surface area contributed by atoms with Crippen LogP contribution in [0.4, 0.5) is 9.80 Å². The summed E-state index contributed by atoms with van der Waals surface area (Å²) >= 11 is 1.31. The van der Waals surface area contributed by atoms with Gasteiger partial charge in [-0.2, -0.15) is 4.31 Å². The number of amides is 4. The number of ether oxygens (including phenoxy) is 2. The fraction of sp³-hybridized carbons (Fsp3) is 0.500. The molecule has 1 aliphatic rings. The monoisotopic (exact) mass is 595 g/mol. The van der Waals surface area contributed by atoms with Crippen LogP contribution in [0.5, 0.6) is 0 Å². The maximum atomic E-state index is 13.2. The summed E-state index contributed by atoms with van der Waals surface area (Å²) in [6.45, 7) is 5.07. The first-order valence-corrected chi connectivity index (χ1v) is 15.1. The molecule has 2 aromatic rings. The summed E-state index contributed by atoms with van der Waals surface area (Å²) in [5.41, 5.74) is 1.32. The van der Waals surface area contributed by atoms with Crippen LogP contribution in [0, 0.1) is 0 Å². The van der Waals surface area contributed by atoms with Gasteiger partial charge in [-0.3, -0.25) is 19.8 Å². The van der Waals surface area contributed by atoms with Gasteiger partial charge in [0.2, 0.25) is 10.0 Å². The Morgan fingerprint density at radius 3 is 2.20 bits per heavy atom. The van der Waals surface area contributed by atoms with Crippen molar-refractivity contribution in [2.45, 2.75) is 24.8 Å². The molecule has 4 amide bonds. The van der Waals surface area contributed by atoms with Gasteiger partial charge in [-0.05, 0) is 42.8 Å². The molecule has 1 aromatic heterocycles. The van der Waals surface area contributed by atoms with E-state index >= 15 is 0 Å². The van der Waals surface area contributed by atoms with Crippen molar-refractivity contribution >= 4 is 44.2 Å². The highest BCUT2D eigenvalue weighted by Gasteiger charge is 2.30. The molecule has 2 heterocycles. The third kappa shape index (κ3) is 7.44. The summed E-state index contributed by atoms with van der Waals surface area (Å²) in [7, 11) is 2.21. The molecule has 0 saturated carbocycles. The number of benzene rings is 1. The van der Waals surface area contributed by atoms with Gasteiger partial charge in [0.25, 0.3) is 11.8 Å². The number of nitrogens with one attached hydrogen (secondary N) is 2. The number of sulfonamides is 1. The summed E-state index contributed by atoms with van der Waals surface area (Å²) in [6, 6.07) is 5.04. The van der Waals surface area contributed by atoms with Gasteiger partial charge in [-0.25, -0.2) is 13.2 Å². The first-order valence-electron chi connectivity index (χ1n) is 12.8. The molecule has 0 atom stereocenters. The first-order chi connectivity index (χ1) is 19.0. The second-order valence-electron chi connectivity index (χ2n) is 9.35. The van der Waals surface area contributed by atoms with Crippen molar-refractivity contribution in [3.05, 3.63) is 45.8 Å². The van der Waals surface area contributed by atoms with Crippen molar-refractivity contribution in [3.8, 4) is 0 Å². The number of rotatable bonds is 12. The van der Waals surface area contributed by atoms with E-state index in [1.54, 1.807) is 0 Å². The molecule has 0 bridgehead atoms. The zero-order valence-corrected chi connectivity index (χ0v) is 25.1. The van der Waals surface area contributed by atoms with Gasteiger partial charge < -0.3 is 19.7 Å². The van der Waals surface area contributed by atoms with Crippen molar-refractivity contribution in [2.24, 2.45) is 0 Å². The lowest BCUT2D eigenvalue weighted by Crippen LogP contribution is -2.39. The number of fused-ring (bicyclic) bond motifs is 1. The number of imide groups is 1. The summed E-state index contributed by atoms with van der Waals surface area (Å²) in [5, 5.41) is 5.54. The number of methoxy groups -OCH3 is 2. The van der Waals surface area contributed by atoms with Crippen molar-refractivity contribution < 1.29 is 32.3 Å². The van der Waals surface area contributed by atoms with Crippen LogP contribution >= 0.6 is 11.3 Å². The molecule has 14 heteroatoms. The average molecular weight is 596 g/mol. The normalized spacial score (nSPS) is 13.7. The first kappa shape index (κ1) is 31.6. The smallest absolute Gasteiger partial charge is 0.323 e. The quantitative estimate of drug-likeness (QED) is 0.381. The SMILES string of the molecule is CCN1CCc2c(sc(NC(=O)c3ccc(S(=O)(=O)N(CCOC)CCOC)cc3)c2C(=O)NC(=O)N(C)C)C1. The minimum atomic E-state index is -3.84. The van der Waals surface area contributed by atoms with Crippen molar-refractivity contribution in [2.75, 3.05) is 73.0 Å². The lowest BCUT2D eigenvalue weighted by atomic mass is 10.0. The second-order valence-corrected chi connectivity index (χ2v) is 12.4. The van der Waals surface area contributed by atoms with Crippen LogP contribution in [0.3, 0.4) is 0 Å². The fourth-order valence-electron chi connectivity index (χ4n) is 4.17. The summed E-state index contributed by atoms with van der Waals surface area (Å²) in [5.74, 6) is -1.08. The van der Waals surface area contributed by atoms with Crippen LogP contribution in [-0.4, -0.2) is 108 Å². The molecular formula is C26H37N5O7S2. The molecular weight excluding hydrogens is 558 g/mol. The molecule has 0 fully saturated rings. The zero-order chi connectivity index (χ0) is 29.4. The molecule has 0 aliphatic carbocycles. The third-order valence-corrected chi connectivity index (χ3v) is 9.55. The van der Waals surface area contributed by atoms with Gasteiger partial charge >= 0.3 is 6.03 Å². The van der Waals surface area contributed by atoms with E-state index in [1.807, 2.05) is 0 Å². The highest BCUT2D eigenvalue weighted by molar-refractivity contribution is 7.89. The van der Waals surface area contributed by atoms with E-state index in [9.17, 15) is 22.8 Å². The highest BCUT2D eigenvalue weighted by Crippen LogP contribution is 2.37. The third-order valence-electron chi connectivity index (χ3n) is 6.51. The molecule has 0 spiro atoms. The molecule has 220 valence electrons. The zero-order valence-electron chi connectivity index (χ0n) is 23.5. The Balaban J connectivity index is 1.86. The summed E-state index contributed by atoms with van der Waals surface area (Å²) in [6.07, 6.45) is 0.615. The summed E-state index contributed by atoms with van der Waals surface area (Å²) in [4.78, 5) is 43.0. The van der Waals surface area contributed by atoms with E-state index in [1.165, 1.54) is 73.1 Å². The average Bonchev–Trinajstić information content (AvgIpc) is 3.29. The van der Waals surface area contributed by atoms with Crippen molar-refractivity contribution in [1.82, 2.24) is 19.4 Å². The number of carbonyl (C=O) groups is 3. The van der Waals surface area contributed by atoms with Crippen LogP contribution in [0.1, 0.15) is 38.1 Å². The lowest BCUT2D eigenvalue weighted by Gasteiger charge is -2.25. The molecule has 3 rings (SSSR count). The largest absolute Gasteiger partial charge is 0.383 e. The van der Waals surface area contributed by atoms with Crippen molar-refractivity contribution in [1.29, 1.82) is 0 Å². The highest BCUT2D eigenvalue weighted by atomic mass is 32.2. The maximum absolute atomic E-state index is 13.2. The Morgan fingerprint density at radius 2 is 1.65 bits per heavy atom. The van der Waals surface area contributed by atoms with Crippen LogP contribution in [0.25, 0.3) is 0 Å². The van der Waals surface area contributed by atoms with E-state index in [-0.39, 0.29) is 42.3 Å². The minimum Gasteiger partial charge on any atom is -0.383 e. The van der Waals surface area contributed by atoms with E-state index in [0.717, 1.165) is 23.5 Å². The minimum absolute atomic E-state index is 0.0322. The molecule has 0 saturated heterocycles. The Labute approximate surface area is 239 Å². The Bertz CT molecular complexity index is 1300. The Hall–Kier alpha value is -2.88. The molecule has 1 aliphatic heterocycles. The summed E-state index contributed by atoms with van der Waals surface area (Å²) < 4.78 is 37.7. The number of likely N-dealkylation sites (N-methyl/N-ethyl adjacent to an activating group) is 1. The topological polar surface area (TPSA) is 138 Å². The van der Waals surface area contributed by atoms with Gasteiger partial charge in [0.1, 0.15) is 5.00 Å². The molecule has 1 aromatic carbocycles. The van der Waals surface area contributed by atoms with E-state index in [0.29, 0.717) is 18.0 Å². The molecule has 12 nitrogen and oxygen atoms in total. The van der Waals surface area contributed by atoms with Gasteiger partial charge in [0, 0.05) is 64.9 Å². The van der Waals surface area contributed by atoms with Crippen LogP contribution < -0.4 is 10.6 Å².